The Labute approximate surface area is 150 Å². The van der Waals surface area contributed by atoms with Gasteiger partial charge in [0, 0.05) is 12.0 Å². The van der Waals surface area contributed by atoms with Gasteiger partial charge >= 0.3 is 5.97 Å². The van der Waals surface area contributed by atoms with Crippen molar-refractivity contribution < 1.29 is 9.90 Å². The molecule has 1 N–H and O–H groups in total. The highest BCUT2D eigenvalue weighted by Crippen LogP contribution is 2.29. The largest absolute Gasteiger partial charge is 0.481 e. The maximum absolute atomic E-state index is 10.8. The fourth-order valence-electron chi connectivity index (χ4n) is 4.02. The minimum absolute atomic E-state index is 0.273. The molecule has 0 unspecified atom stereocenters. The third-order valence-corrected chi connectivity index (χ3v) is 5.83. The number of hydrogen-bond acceptors (Lipinski definition) is 2. The van der Waals surface area contributed by atoms with Crippen molar-refractivity contribution in [2.24, 2.45) is 5.92 Å². The monoisotopic (exact) mass is 339 g/mol. The second-order valence-electron chi connectivity index (χ2n) is 8.42. The molecule has 0 atom stereocenters. The molecule has 1 rings (SSSR count). The van der Waals surface area contributed by atoms with E-state index in [4.69, 9.17) is 5.11 Å². The van der Waals surface area contributed by atoms with Gasteiger partial charge in [0.1, 0.15) is 0 Å². The zero-order valence-electron chi connectivity index (χ0n) is 16.5. The van der Waals surface area contributed by atoms with E-state index >= 15 is 0 Å². The van der Waals surface area contributed by atoms with E-state index in [9.17, 15) is 4.79 Å². The smallest absolute Gasteiger partial charge is 0.303 e. The number of carbonyl (C=O) groups is 1. The SMILES string of the molecule is CCCCCCCCCCCC(C)(C)N1CCC(CC(=O)O)CC1. The highest BCUT2D eigenvalue weighted by molar-refractivity contribution is 5.67. The van der Waals surface area contributed by atoms with Gasteiger partial charge in [0.05, 0.1) is 0 Å². The first-order chi connectivity index (χ1) is 11.5. The van der Waals surface area contributed by atoms with Crippen molar-refractivity contribution in [2.75, 3.05) is 13.1 Å². The molecule has 1 aliphatic rings. The molecule has 0 amide bonds. The van der Waals surface area contributed by atoms with Gasteiger partial charge in [0.15, 0.2) is 0 Å². The molecular formula is C21H41NO2. The summed E-state index contributed by atoms with van der Waals surface area (Å²) in [6.45, 7) is 9.16. The number of carboxylic acids is 1. The number of likely N-dealkylation sites (tertiary alicyclic amines) is 1. The molecule has 1 saturated heterocycles. The van der Waals surface area contributed by atoms with Crippen LogP contribution in [0.4, 0.5) is 0 Å². The van der Waals surface area contributed by atoms with Gasteiger partial charge in [-0.15, -0.1) is 0 Å². The molecule has 0 aromatic heterocycles. The Bertz CT molecular complexity index is 333. The lowest BCUT2D eigenvalue weighted by molar-refractivity contribution is -0.138. The van der Waals surface area contributed by atoms with Gasteiger partial charge in [0.2, 0.25) is 0 Å². The molecule has 0 radical (unpaired) electrons. The van der Waals surface area contributed by atoms with Crippen molar-refractivity contribution >= 4 is 5.97 Å². The van der Waals surface area contributed by atoms with Crippen LogP contribution >= 0.6 is 0 Å². The third-order valence-electron chi connectivity index (χ3n) is 5.83. The summed E-state index contributed by atoms with van der Waals surface area (Å²) in [7, 11) is 0. The molecule has 0 bridgehead atoms. The summed E-state index contributed by atoms with van der Waals surface area (Å²) in [5.41, 5.74) is 0.273. The summed E-state index contributed by atoms with van der Waals surface area (Å²) >= 11 is 0. The fourth-order valence-corrected chi connectivity index (χ4v) is 4.02. The van der Waals surface area contributed by atoms with E-state index in [-0.39, 0.29) is 5.54 Å². The minimum Gasteiger partial charge on any atom is -0.481 e. The number of carboxylic acid groups (broad SMARTS) is 1. The Hall–Kier alpha value is -0.570. The van der Waals surface area contributed by atoms with Crippen LogP contribution in [0.25, 0.3) is 0 Å². The predicted octanol–water partition coefficient (Wildman–Crippen LogP) is 5.87. The van der Waals surface area contributed by atoms with E-state index in [1.165, 1.54) is 64.2 Å². The quantitative estimate of drug-likeness (QED) is 0.426. The van der Waals surface area contributed by atoms with Crippen LogP contribution in [0.15, 0.2) is 0 Å². The third kappa shape index (κ3) is 9.05. The van der Waals surface area contributed by atoms with Crippen LogP contribution in [0.1, 0.15) is 104 Å². The van der Waals surface area contributed by atoms with Crippen LogP contribution in [0.3, 0.4) is 0 Å². The minimum atomic E-state index is -0.637. The summed E-state index contributed by atoms with van der Waals surface area (Å²) in [5, 5.41) is 8.93. The maximum Gasteiger partial charge on any atom is 0.303 e. The lowest BCUT2D eigenvalue weighted by Crippen LogP contribution is -2.48. The lowest BCUT2D eigenvalue weighted by Gasteiger charge is -2.43. The van der Waals surface area contributed by atoms with Gasteiger partial charge in [-0.3, -0.25) is 9.69 Å². The van der Waals surface area contributed by atoms with E-state index < -0.39 is 5.97 Å². The highest BCUT2D eigenvalue weighted by Gasteiger charge is 2.30. The molecule has 1 aliphatic heterocycles. The van der Waals surface area contributed by atoms with Gasteiger partial charge < -0.3 is 5.11 Å². The number of unbranched alkanes of at least 4 members (excludes halogenated alkanes) is 8. The van der Waals surface area contributed by atoms with Crippen molar-refractivity contribution in [1.82, 2.24) is 4.90 Å². The van der Waals surface area contributed by atoms with Crippen molar-refractivity contribution in [1.29, 1.82) is 0 Å². The average Bonchev–Trinajstić information content (AvgIpc) is 2.53. The molecule has 1 fully saturated rings. The maximum atomic E-state index is 10.8. The predicted molar refractivity (Wildman–Crippen MR) is 102 cm³/mol. The molecule has 3 nitrogen and oxygen atoms in total. The molecular weight excluding hydrogens is 298 g/mol. The molecule has 0 aromatic carbocycles. The summed E-state index contributed by atoms with van der Waals surface area (Å²) < 4.78 is 0. The first kappa shape index (κ1) is 21.5. The van der Waals surface area contributed by atoms with E-state index in [0.717, 1.165) is 25.9 Å². The van der Waals surface area contributed by atoms with E-state index in [0.29, 0.717) is 12.3 Å². The van der Waals surface area contributed by atoms with Crippen molar-refractivity contribution in [3.05, 3.63) is 0 Å². The zero-order valence-corrected chi connectivity index (χ0v) is 16.5. The zero-order chi connectivity index (χ0) is 17.8. The van der Waals surface area contributed by atoms with Gasteiger partial charge in [-0.2, -0.15) is 0 Å². The second-order valence-corrected chi connectivity index (χ2v) is 8.42. The summed E-state index contributed by atoms with van der Waals surface area (Å²) in [4.78, 5) is 13.4. The Morgan fingerprint density at radius 2 is 1.46 bits per heavy atom. The van der Waals surface area contributed by atoms with E-state index in [2.05, 4.69) is 25.7 Å². The van der Waals surface area contributed by atoms with Gasteiger partial charge in [-0.25, -0.2) is 0 Å². The van der Waals surface area contributed by atoms with Crippen LogP contribution in [0.5, 0.6) is 0 Å². The number of hydrogen-bond donors (Lipinski definition) is 1. The van der Waals surface area contributed by atoms with Crippen LogP contribution < -0.4 is 0 Å². The van der Waals surface area contributed by atoms with Gasteiger partial charge in [-0.1, -0.05) is 64.7 Å². The van der Waals surface area contributed by atoms with Crippen molar-refractivity contribution in [3.63, 3.8) is 0 Å². The number of piperidine rings is 1. The second kappa shape index (κ2) is 11.9. The molecule has 0 saturated carbocycles. The normalized spacial score (nSPS) is 17.3. The Morgan fingerprint density at radius 1 is 0.958 bits per heavy atom. The average molecular weight is 340 g/mol. The van der Waals surface area contributed by atoms with Crippen LogP contribution in [0.2, 0.25) is 0 Å². The van der Waals surface area contributed by atoms with E-state index in [1.807, 2.05) is 0 Å². The number of aliphatic carboxylic acids is 1. The first-order valence-electron chi connectivity index (χ1n) is 10.4. The molecule has 0 aliphatic carbocycles. The van der Waals surface area contributed by atoms with Crippen LogP contribution in [-0.2, 0) is 4.79 Å². The standard InChI is InChI=1S/C21H41NO2/c1-4-5-6-7-8-9-10-11-12-15-21(2,3)22-16-13-19(14-17-22)18-20(23)24/h19H,4-18H2,1-3H3,(H,23,24). The topological polar surface area (TPSA) is 40.5 Å². The molecule has 1 heterocycles. The lowest BCUT2D eigenvalue weighted by atomic mass is 9.87. The summed E-state index contributed by atoms with van der Waals surface area (Å²) in [5.74, 6) is -0.246. The van der Waals surface area contributed by atoms with Crippen molar-refractivity contribution in [3.8, 4) is 0 Å². The van der Waals surface area contributed by atoms with Gasteiger partial charge in [-0.05, 0) is 52.1 Å². The fraction of sp³-hybridized carbons (Fsp3) is 0.952. The molecule has 0 aromatic rings. The molecule has 3 heteroatoms. The van der Waals surface area contributed by atoms with E-state index in [1.54, 1.807) is 0 Å². The Kier molecular flexibility index (Phi) is 10.6. The Balaban J connectivity index is 2.08. The molecule has 0 spiro atoms. The van der Waals surface area contributed by atoms with Gasteiger partial charge in [0.25, 0.3) is 0 Å². The highest BCUT2D eigenvalue weighted by atomic mass is 16.4. The first-order valence-corrected chi connectivity index (χ1v) is 10.4. The molecule has 24 heavy (non-hydrogen) atoms. The number of rotatable bonds is 13. The molecule has 142 valence electrons. The van der Waals surface area contributed by atoms with Crippen LogP contribution in [0, 0.1) is 5.92 Å². The number of nitrogens with zero attached hydrogens (tertiary/aromatic N) is 1. The summed E-state index contributed by atoms with van der Waals surface area (Å²) in [6.07, 6.45) is 16.2. The van der Waals surface area contributed by atoms with Crippen molar-refractivity contribution in [2.45, 2.75) is 110 Å². The van der Waals surface area contributed by atoms with Crippen LogP contribution in [-0.4, -0.2) is 34.6 Å². The Morgan fingerprint density at radius 3 is 1.96 bits per heavy atom. The summed E-state index contributed by atoms with van der Waals surface area (Å²) in [6, 6.07) is 0.